The van der Waals surface area contributed by atoms with Crippen LogP contribution in [0.5, 0.6) is 0 Å². The summed E-state index contributed by atoms with van der Waals surface area (Å²) in [5.41, 5.74) is 0. The highest BCUT2D eigenvalue weighted by molar-refractivity contribution is 4.80. The molecule has 2 N–H and O–H groups in total. The summed E-state index contributed by atoms with van der Waals surface area (Å²) in [6.07, 6.45) is -5.71. The Bertz CT molecular complexity index is 162. The Balaban J connectivity index is 2.12. The maximum Gasteiger partial charge on any atom is 0.390 e. The van der Waals surface area contributed by atoms with Crippen LogP contribution >= 0.6 is 0 Å². The minimum absolute atomic E-state index is 0.172. The summed E-state index contributed by atoms with van der Waals surface area (Å²) >= 11 is 0. The molecular weight excluding hydrogens is 187 g/mol. The van der Waals surface area contributed by atoms with Gasteiger partial charge in [0.2, 0.25) is 0 Å². The van der Waals surface area contributed by atoms with Gasteiger partial charge in [-0.2, -0.15) is 13.2 Å². The molecule has 1 heterocycles. The molecule has 13 heavy (non-hydrogen) atoms. The Labute approximate surface area is 73.9 Å². The molecule has 78 valence electrons. The molecule has 1 aliphatic rings. The van der Waals surface area contributed by atoms with E-state index in [1.807, 2.05) is 0 Å². The lowest BCUT2D eigenvalue weighted by atomic mass is 10.2. The second-order valence-electron chi connectivity index (χ2n) is 3.03. The quantitative estimate of drug-likeness (QED) is 0.686. The molecule has 0 aliphatic carbocycles. The molecular formula is C7H12F3NO2. The highest BCUT2D eigenvalue weighted by atomic mass is 19.4. The number of halogens is 3. The van der Waals surface area contributed by atoms with Crippen LogP contribution < -0.4 is 5.32 Å². The van der Waals surface area contributed by atoms with Crippen LogP contribution in [-0.2, 0) is 4.74 Å². The Morgan fingerprint density at radius 2 is 2.08 bits per heavy atom. The maximum absolute atomic E-state index is 11.7. The van der Waals surface area contributed by atoms with Crippen LogP contribution in [-0.4, -0.2) is 43.2 Å². The summed E-state index contributed by atoms with van der Waals surface area (Å²) in [5.74, 6) is 0. The molecule has 0 saturated carbocycles. The van der Waals surface area contributed by atoms with Crippen LogP contribution in [0.3, 0.4) is 0 Å². The van der Waals surface area contributed by atoms with Gasteiger partial charge in [-0.3, -0.25) is 0 Å². The predicted octanol–water partition coefficient (Wildman–Crippen LogP) is 0.288. The Hall–Kier alpha value is -0.330. The van der Waals surface area contributed by atoms with Crippen molar-refractivity contribution in [2.45, 2.75) is 24.7 Å². The molecule has 2 unspecified atom stereocenters. The monoisotopic (exact) mass is 199 g/mol. The SMILES string of the molecule is OC1COCC1NCCC(F)(F)F. The van der Waals surface area contributed by atoms with Gasteiger partial charge >= 0.3 is 6.18 Å². The Morgan fingerprint density at radius 1 is 1.38 bits per heavy atom. The van der Waals surface area contributed by atoms with Crippen molar-refractivity contribution in [1.82, 2.24) is 5.32 Å². The molecule has 0 radical (unpaired) electrons. The number of aliphatic hydroxyl groups excluding tert-OH is 1. The zero-order chi connectivity index (χ0) is 9.90. The van der Waals surface area contributed by atoms with Crippen molar-refractivity contribution < 1.29 is 23.0 Å². The van der Waals surface area contributed by atoms with Crippen LogP contribution in [0.2, 0.25) is 0 Å². The molecule has 3 nitrogen and oxygen atoms in total. The van der Waals surface area contributed by atoms with Crippen LogP contribution in [0.1, 0.15) is 6.42 Å². The fourth-order valence-corrected chi connectivity index (χ4v) is 1.14. The van der Waals surface area contributed by atoms with Crippen molar-refractivity contribution in [3.63, 3.8) is 0 Å². The summed E-state index contributed by atoms with van der Waals surface area (Å²) in [7, 11) is 0. The molecule has 1 fully saturated rings. The van der Waals surface area contributed by atoms with Crippen molar-refractivity contribution >= 4 is 0 Å². The maximum atomic E-state index is 11.7. The van der Waals surface area contributed by atoms with Gasteiger partial charge in [0.1, 0.15) is 0 Å². The molecule has 0 bridgehead atoms. The van der Waals surface area contributed by atoms with E-state index in [0.29, 0.717) is 0 Å². The average Bonchev–Trinajstić information content (AvgIpc) is 2.34. The van der Waals surface area contributed by atoms with Gasteiger partial charge in [-0.25, -0.2) is 0 Å². The first-order valence-corrected chi connectivity index (χ1v) is 4.05. The summed E-state index contributed by atoms with van der Waals surface area (Å²) in [6.45, 7) is 0.303. The molecule has 6 heteroatoms. The summed E-state index contributed by atoms with van der Waals surface area (Å²) < 4.78 is 39.9. The number of alkyl halides is 3. The van der Waals surface area contributed by atoms with Crippen molar-refractivity contribution in [3.05, 3.63) is 0 Å². The normalized spacial score (nSPS) is 29.5. The topological polar surface area (TPSA) is 41.5 Å². The first-order chi connectivity index (χ1) is 5.99. The molecule has 2 atom stereocenters. The van der Waals surface area contributed by atoms with Crippen molar-refractivity contribution in [2.24, 2.45) is 0 Å². The van der Waals surface area contributed by atoms with E-state index in [9.17, 15) is 13.2 Å². The fourth-order valence-electron chi connectivity index (χ4n) is 1.14. The molecule has 0 amide bonds. The lowest BCUT2D eigenvalue weighted by molar-refractivity contribution is -0.133. The molecule has 1 aliphatic heterocycles. The summed E-state index contributed by atoms with van der Waals surface area (Å²) in [5, 5.41) is 11.7. The van der Waals surface area contributed by atoms with Gasteiger partial charge in [-0.05, 0) is 0 Å². The van der Waals surface area contributed by atoms with E-state index < -0.39 is 18.7 Å². The molecule has 0 aromatic rings. The molecule has 1 saturated heterocycles. The zero-order valence-electron chi connectivity index (χ0n) is 6.97. The van der Waals surface area contributed by atoms with Crippen LogP contribution in [0.25, 0.3) is 0 Å². The second-order valence-corrected chi connectivity index (χ2v) is 3.03. The number of aliphatic hydroxyl groups is 1. The standard InChI is InChI=1S/C7H12F3NO2/c8-7(9,10)1-2-11-5-3-13-4-6(5)12/h5-6,11-12H,1-4H2. The minimum atomic E-state index is -4.14. The number of ether oxygens (including phenoxy) is 1. The summed E-state index contributed by atoms with van der Waals surface area (Å²) in [4.78, 5) is 0. The minimum Gasteiger partial charge on any atom is -0.389 e. The predicted molar refractivity (Wildman–Crippen MR) is 39.3 cm³/mol. The van der Waals surface area contributed by atoms with Gasteiger partial charge in [0, 0.05) is 6.54 Å². The Morgan fingerprint density at radius 3 is 2.54 bits per heavy atom. The number of rotatable bonds is 3. The van der Waals surface area contributed by atoms with Gasteiger partial charge in [-0.1, -0.05) is 0 Å². The van der Waals surface area contributed by atoms with Gasteiger partial charge < -0.3 is 15.2 Å². The highest BCUT2D eigenvalue weighted by Crippen LogP contribution is 2.18. The first kappa shape index (κ1) is 10.7. The number of nitrogens with one attached hydrogen (secondary N) is 1. The second kappa shape index (κ2) is 4.26. The van der Waals surface area contributed by atoms with E-state index >= 15 is 0 Å². The van der Waals surface area contributed by atoms with E-state index in [1.54, 1.807) is 0 Å². The largest absolute Gasteiger partial charge is 0.390 e. The third kappa shape index (κ3) is 3.93. The van der Waals surface area contributed by atoms with E-state index in [0.717, 1.165) is 0 Å². The first-order valence-electron chi connectivity index (χ1n) is 4.05. The van der Waals surface area contributed by atoms with Gasteiger partial charge in [0.25, 0.3) is 0 Å². The third-order valence-electron chi connectivity index (χ3n) is 1.87. The summed E-state index contributed by atoms with van der Waals surface area (Å²) in [6, 6.07) is -0.359. The average molecular weight is 199 g/mol. The van der Waals surface area contributed by atoms with Crippen LogP contribution in [0.15, 0.2) is 0 Å². The zero-order valence-corrected chi connectivity index (χ0v) is 6.97. The van der Waals surface area contributed by atoms with E-state index in [2.05, 4.69) is 5.32 Å². The lowest BCUT2D eigenvalue weighted by Crippen LogP contribution is -2.40. The smallest absolute Gasteiger partial charge is 0.389 e. The number of hydrogen-bond donors (Lipinski definition) is 2. The molecule has 0 spiro atoms. The van der Waals surface area contributed by atoms with Crippen molar-refractivity contribution in [1.29, 1.82) is 0 Å². The Kier molecular flexibility index (Phi) is 3.52. The van der Waals surface area contributed by atoms with Gasteiger partial charge in [-0.15, -0.1) is 0 Å². The van der Waals surface area contributed by atoms with Gasteiger partial charge in [0.05, 0.1) is 31.8 Å². The fraction of sp³-hybridized carbons (Fsp3) is 1.00. The number of hydrogen-bond acceptors (Lipinski definition) is 3. The third-order valence-corrected chi connectivity index (χ3v) is 1.87. The van der Waals surface area contributed by atoms with E-state index in [1.165, 1.54) is 0 Å². The molecule has 1 rings (SSSR count). The van der Waals surface area contributed by atoms with Crippen molar-refractivity contribution in [2.75, 3.05) is 19.8 Å². The highest BCUT2D eigenvalue weighted by Gasteiger charge is 2.29. The molecule has 0 aromatic carbocycles. The van der Waals surface area contributed by atoms with Crippen LogP contribution in [0, 0.1) is 0 Å². The van der Waals surface area contributed by atoms with Crippen molar-refractivity contribution in [3.8, 4) is 0 Å². The lowest BCUT2D eigenvalue weighted by Gasteiger charge is -2.14. The van der Waals surface area contributed by atoms with E-state index in [4.69, 9.17) is 9.84 Å². The van der Waals surface area contributed by atoms with Crippen LogP contribution in [0.4, 0.5) is 13.2 Å². The van der Waals surface area contributed by atoms with E-state index in [-0.39, 0.29) is 25.8 Å². The molecule has 0 aromatic heterocycles. The van der Waals surface area contributed by atoms with Gasteiger partial charge in [0.15, 0.2) is 0 Å².